The second-order valence-corrected chi connectivity index (χ2v) is 9.05. The molecule has 2 rings (SSSR count). The van der Waals surface area contributed by atoms with Crippen molar-refractivity contribution < 1.29 is 13.2 Å². The van der Waals surface area contributed by atoms with E-state index in [0.29, 0.717) is 32.7 Å². The first-order valence-corrected chi connectivity index (χ1v) is 10.4. The molecule has 1 aliphatic heterocycles. The number of hydrogen-bond acceptors (Lipinski definition) is 5. The summed E-state index contributed by atoms with van der Waals surface area (Å²) < 4.78 is 25.1. The molecule has 1 aromatic rings. The lowest BCUT2D eigenvalue weighted by Gasteiger charge is -2.34. The molecule has 1 amide bonds. The normalized spacial score (nSPS) is 16.8. The third-order valence-corrected chi connectivity index (χ3v) is 6.15. The Hall–Kier alpha value is -0.930. The monoisotopic (exact) mass is 406 g/mol. The van der Waals surface area contributed by atoms with Gasteiger partial charge in [-0.25, -0.2) is 8.42 Å². The van der Waals surface area contributed by atoms with Gasteiger partial charge in [0.1, 0.15) is 16.4 Å². The summed E-state index contributed by atoms with van der Waals surface area (Å²) in [5.74, 6) is 0.214. The Morgan fingerprint density at radius 1 is 1.22 bits per heavy atom. The van der Waals surface area contributed by atoms with Gasteiger partial charge in [-0.15, -0.1) is 0 Å². The van der Waals surface area contributed by atoms with Crippen LogP contribution in [0.25, 0.3) is 0 Å². The zero-order valence-corrected chi connectivity index (χ0v) is 16.2. The first-order chi connectivity index (χ1) is 10.7. The fourth-order valence-electron chi connectivity index (χ4n) is 2.57. The maximum absolute atomic E-state index is 12.4. The average Bonchev–Trinajstić information content (AvgIpc) is 2.72. The number of nitrogens with zero attached hydrogens (tertiary/aromatic N) is 4. The van der Waals surface area contributed by atoms with Gasteiger partial charge in [-0.2, -0.15) is 5.10 Å². The predicted molar refractivity (Wildman–Crippen MR) is 92.1 cm³/mol. The van der Waals surface area contributed by atoms with Crippen molar-refractivity contribution in [1.29, 1.82) is 0 Å². The minimum absolute atomic E-state index is 0.0471. The van der Waals surface area contributed by atoms with Gasteiger partial charge >= 0.3 is 0 Å². The topological polar surface area (TPSA) is 75.5 Å². The van der Waals surface area contributed by atoms with E-state index in [-0.39, 0.29) is 18.2 Å². The Bertz CT molecular complexity index is 678. The molecule has 1 aliphatic rings. The van der Waals surface area contributed by atoms with E-state index in [2.05, 4.69) is 25.9 Å². The molecule has 0 unspecified atom stereocenters. The zero-order valence-electron chi connectivity index (χ0n) is 13.7. The second kappa shape index (κ2) is 7.31. The van der Waals surface area contributed by atoms with Gasteiger partial charge in [0.15, 0.2) is 0 Å². The fourth-order valence-corrected chi connectivity index (χ4v) is 3.45. The SMILES string of the molecule is Cc1nn(CC(=O)N2CCN(CCS(C)(=O)=O)CC2)c(C)c1Br. The number of piperazine rings is 1. The van der Waals surface area contributed by atoms with E-state index in [1.54, 1.807) is 4.68 Å². The summed E-state index contributed by atoms with van der Waals surface area (Å²) in [5, 5.41) is 4.36. The molecule has 0 radical (unpaired) electrons. The van der Waals surface area contributed by atoms with Gasteiger partial charge in [-0.3, -0.25) is 14.4 Å². The van der Waals surface area contributed by atoms with E-state index in [9.17, 15) is 13.2 Å². The van der Waals surface area contributed by atoms with Crippen LogP contribution in [0.2, 0.25) is 0 Å². The zero-order chi connectivity index (χ0) is 17.2. The van der Waals surface area contributed by atoms with E-state index in [0.717, 1.165) is 15.9 Å². The highest BCUT2D eigenvalue weighted by atomic mass is 79.9. The van der Waals surface area contributed by atoms with Crippen LogP contribution in [0.3, 0.4) is 0 Å². The number of amides is 1. The summed E-state index contributed by atoms with van der Waals surface area (Å²) in [6, 6.07) is 0. The van der Waals surface area contributed by atoms with Crippen molar-refractivity contribution >= 4 is 31.7 Å². The summed E-state index contributed by atoms with van der Waals surface area (Å²) in [6.07, 6.45) is 1.25. The molecule has 0 saturated carbocycles. The lowest BCUT2D eigenvalue weighted by atomic mass is 10.3. The minimum atomic E-state index is -2.94. The van der Waals surface area contributed by atoms with Gasteiger partial charge < -0.3 is 4.90 Å². The van der Waals surface area contributed by atoms with Crippen molar-refractivity contribution in [3.63, 3.8) is 0 Å². The maximum Gasteiger partial charge on any atom is 0.244 e. The van der Waals surface area contributed by atoms with Gasteiger partial charge in [-0.05, 0) is 29.8 Å². The smallest absolute Gasteiger partial charge is 0.244 e. The molecule has 0 atom stereocenters. The van der Waals surface area contributed by atoms with Crippen molar-refractivity contribution in [2.75, 3.05) is 44.7 Å². The summed E-state index contributed by atoms with van der Waals surface area (Å²) in [6.45, 7) is 7.28. The summed E-state index contributed by atoms with van der Waals surface area (Å²) >= 11 is 3.46. The van der Waals surface area contributed by atoms with Crippen molar-refractivity contribution in [2.24, 2.45) is 0 Å². The van der Waals surface area contributed by atoms with E-state index in [1.165, 1.54) is 6.26 Å². The molecule has 0 spiro atoms. The Morgan fingerprint density at radius 2 is 1.83 bits per heavy atom. The predicted octanol–water partition coefficient (Wildman–Crippen LogP) is 0.451. The molecule has 1 fully saturated rings. The molecule has 130 valence electrons. The van der Waals surface area contributed by atoms with Gasteiger partial charge in [0, 0.05) is 39.0 Å². The van der Waals surface area contributed by atoms with Gasteiger partial charge in [0.05, 0.1) is 21.6 Å². The molecule has 0 N–H and O–H groups in total. The Balaban J connectivity index is 1.85. The third kappa shape index (κ3) is 5.02. The fraction of sp³-hybridized carbons (Fsp3) is 0.714. The molecule has 23 heavy (non-hydrogen) atoms. The Labute approximate surface area is 145 Å². The standard InChI is InChI=1S/C14H23BrN4O3S/c1-11-14(15)12(2)19(16-11)10-13(20)18-6-4-17(5-7-18)8-9-23(3,21)22/h4-10H2,1-3H3. The highest BCUT2D eigenvalue weighted by molar-refractivity contribution is 9.10. The summed E-state index contributed by atoms with van der Waals surface area (Å²) in [4.78, 5) is 16.3. The molecule has 0 aliphatic carbocycles. The first kappa shape index (κ1) is 18.4. The molecule has 7 nitrogen and oxygen atoms in total. The molecule has 1 saturated heterocycles. The molecule has 0 bridgehead atoms. The Morgan fingerprint density at radius 3 is 2.30 bits per heavy atom. The summed E-state index contributed by atoms with van der Waals surface area (Å²) in [5.41, 5.74) is 1.82. The number of carbonyl (C=O) groups excluding carboxylic acids is 1. The van der Waals surface area contributed by atoms with Crippen LogP contribution in [0.15, 0.2) is 4.47 Å². The number of aryl methyl sites for hydroxylation is 1. The Kier molecular flexibility index (Phi) is 5.85. The van der Waals surface area contributed by atoms with Crippen LogP contribution in [-0.4, -0.2) is 78.6 Å². The first-order valence-electron chi connectivity index (χ1n) is 7.55. The van der Waals surface area contributed by atoms with Crippen molar-refractivity contribution in [3.05, 3.63) is 15.9 Å². The summed E-state index contributed by atoms with van der Waals surface area (Å²) in [7, 11) is -2.94. The van der Waals surface area contributed by atoms with E-state index in [1.807, 2.05) is 18.7 Å². The number of carbonyl (C=O) groups is 1. The maximum atomic E-state index is 12.4. The second-order valence-electron chi connectivity index (χ2n) is 5.99. The van der Waals surface area contributed by atoms with E-state index < -0.39 is 9.84 Å². The van der Waals surface area contributed by atoms with E-state index in [4.69, 9.17) is 0 Å². The van der Waals surface area contributed by atoms with Crippen LogP contribution < -0.4 is 0 Å². The lowest BCUT2D eigenvalue weighted by Crippen LogP contribution is -2.50. The molecular weight excluding hydrogens is 384 g/mol. The van der Waals surface area contributed by atoms with Crippen molar-refractivity contribution in [1.82, 2.24) is 19.6 Å². The number of hydrogen-bond donors (Lipinski definition) is 0. The number of aromatic nitrogens is 2. The third-order valence-electron chi connectivity index (χ3n) is 4.08. The molecule has 9 heteroatoms. The molecule has 1 aromatic heterocycles. The van der Waals surface area contributed by atoms with Crippen molar-refractivity contribution in [2.45, 2.75) is 20.4 Å². The average molecular weight is 407 g/mol. The van der Waals surface area contributed by atoms with Crippen LogP contribution in [0.4, 0.5) is 0 Å². The molecule has 0 aromatic carbocycles. The van der Waals surface area contributed by atoms with Gasteiger partial charge in [-0.1, -0.05) is 0 Å². The lowest BCUT2D eigenvalue weighted by molar-refractivity contribution is -0.133. The highest BCUT2D eigenvalue weighted by Gasteiger charge is 2.22. The highest BCUT2D eigenvalue weighted by Crippen LogP contribution is 2.19. The van der Waals surface area contributed by atoms with Crippen LogP contribution in [-0.2, 0) is 21.2 Å². The van der Waals surface area contributed by atoms with Gasteiger partial charge in [0.25, 0.3) is 0 Å². The molecular formula is C14H23BrN4O3S. The van der Waals surface area contributed by atoms with Crippen LogP contribution >= 0.6 is 15.9 Å². The quantitative estimate of drug-likeness (QED) is 0.709. The molecule has 2 heterocycles. The number of sulfone groups is 1. The van der Waals surface area contributed by atoms with E-state index >= 15 is 0 Å². The largest absolute Gasteiger partial charge is 0.339 e. The van der Waals surface area contributed by atoms with Crippen LogP contribution in [0, 0.1) is 13.8 Å². The van der Waals surface area contributed by atoms with Crippen molar-refractivity contribution in [3.8, 4) is 0 Å². The number of rotatable bonds is 5. The van der Waals surface area contributed by atoms with Crippen LogP contribution in [0.1, 0.15) is 11.4 Å². The van der Waals surface area contributed by atoms with Crippen LogP contribution in [0.5, 0.6) is 0 Å². The van der Waals surface area contributed by atoms with Gasteiger partial charge in [0.2, 0.25) is 5.91 Å². The minimum Gasteiger partial charge on any atom is -0.339 e. The number of halogens is 1.